The second-order valence-corrected chi connectivity index (χ2v) is 6.71. The summed E-state index contributed by atoms with van der Waals surface area (Å²) in [6, 6.07) is 7.79. The van der Waals surface area contributed by atoms with Crippen molar-refractivity contribution in [3.8, 4) is 0 Å². The number of nitrogens with two attached hydrogens (primary N) is 1. The molecule has 0 aliphatic carbocycles. The SMILES string of the molecule is Cc1ccc(CN)nc1.Cc1ccc(CNC(=O)OC(C)(C)C)nc1.Cl. The molecule has 26 heavy (non-hydrogen) atoms. The van der Waals surface area contributed by atoms with E-state index in [2.05, 4.69) is 15.3 Å². The molecule has 0 atom stereocenters. The summed E-state index contributed by atoms with van der Waals surface area (Å²) in [5.74, 6) is 0. The number of hydrogen-bond acceptors (Lipinski definition) is 5. The Bertz CT molecular complexity index is 653. The molecule has 1 amide bonds. The van der Waals surface area contributed by atoms with E-state index >= 15 is 0 Å². The zero-order valence-corrected chi connectivity index (χ0v) is 16.9. The number of hydrogen-bond donors (Lipinski definition) is 2. The maximum absolute atomic E-state index is 11.3. The van der Waals surface area contributed by atoms with Crippen LogP contribution in [0.5, 0.6) is 0 Å². The third-order valence-corrected chi connectivity index (χ3v) is 2.97. The molecule has 2 aromatic rings. The van der Waals surface area contributed by atoms with E-state index in [9.17, 15) is 4.79 Å². The highest BCUT2D eigenvalue weighted by molar-refractivity contribution is 5.85. The van der Waals surface area contributed by atoms with Crippen LogP contribution in [0.3, 0.4) is 0 Å². The number of nitrogens with one attached hydrogen (secondary N) is 1. The van der Waals surface area contributed by atoms with Crippen molar-refractivity contribution in [1.82, 2.24) is 15.3 Å². The van der Waals surface area contributed by atoms with Crippen LogP contribution in [0.1, 0.15) is 43.3 Å². The summed E-state index contributed by atoms with van der Waals surface area (Å²) in [6.45, 7) is 10.4. The first-order valence-electron chi connectivity index (χ1n) is 8.19. The number of ether oxygens (including phenoxy) is 1. The average Bonchev–Trinajstić information content (AvgIpc) is 2.54. The molecule has 0 saturated carbocycles. The summed E-state index contributed by atoms with van der Waals surface area (Å²) >= 11 is 0. The zero-order valence-electron chi connectivity index (χ0n) is 16.1. The monoisotopic (exact) mass is 380 g/mol. The highest BCUT2D eigenvalue weighted by Crippen LogP contribution is 2.06. The van der Waals surface area contributed by atoms with Gasteiger partial charge in [0.25, 0.3) is 0 Å². The van der Waals surface area contributed by atoms with Crippen molar-refractivity contribution in [1.29, 1.82) is 0 Å². The van der Waals surface area contributed by atoms with Gasteiger partial charge in [-0.3, -0.25) is 9.97 Å². The van der Waals surface area contributed by atoms with Gasteiger partial charge in [0.15, 0.2) is 0 Å². The van der Waals surface area contributed by atoms with E-state index in [1.54, 1.807) is 6.20 Å². The molecule has 7 heteroatoms. The molecular formula is C19H29ClN4O2. The maximum Gasteiger partial charge on any atom is 0.407 e. The molecule has 144 valence electrons. The van der Waals surface area contributed by atoms with Gasteiger partial charge in [-0.05, 0) is 57.9 Å². The van der Waals surface area contributed by atoms with Crippen molar-refractivity contribution in [3.63, 3.8) is 0 Å². The molecule has 2 rings (SSSR count). The summed E-state index contributed by atoms with van der Waals surface area (Å²) in [6.07, 6.45) is 3.17. The number of amides is 1. The lowest BCUT2D eigenvalue weighted by Gasteiger charge is -2.19. The number of carbonyl (C=O) groups excluding carboxylic acids is 1. The van der Waals surface area contributed by atoms with Crippen LogP contribution < -0.4 is 11.1 Å². The number of carbonyl (C=O) groups is 1. The fourth-order valence-corrected chi connectivity index (χ4v) is 1.70. The summed E-state index contributed by atoms with van der Waals surface area (Å²) < 4.78 is 5.11. The summed E-state index contributed by atoms with van der Waals surface area (Å²) in [7, 11) is 0. The fourth-order valence-electron chi connectivity index (χ4n) is 1.70. The van der Waals surface area contributed by atoms with Gasteiger partial charge in [-0.15, -0.1) is 12.4 Å². The minimum absolute atomic E-state index is 0. The van der Waals surface area contributed by atoms with Crippen LogP contribution in [0, 0.1) is 13.8 Å². The van der Waals surface area contributed by atoms with Crippen LogP contribution >= 0.6 is 12.4 Å². The molecular weight excluding hydrogens is 352 g/mol. The molecule has 0 radical (unpaired) electrons. The summed E-state index contributed by atoms with van der Waals surface area (Å²) in [4.78, 5) is 19.6. The Morgan fingerprint density at radius 3 is 1.92 bits per heavy atom. The van der Waals surface area contributed by atoms with Gasteiger partial charge < -0.3 is 15.8 Å². The molecule has 3 N–H and O–H groups in total. The molecule has 0 fully saturated rings. The van der Waals surface area contributed by atoms with Crippen molar-refractivity contribution >= 4 is 18.5 Å². The minimum atomic E-state index is -0.467. The number of halogens is 1. The molecule has 2 aromatic heterocycles. The van der Waals surface area contributed by atoms with Crippen molar-refractivity contribution < 1.29 is 9.53 Å². The molecule has 0 aromatic carbocycles. The van der Waals surface area contributed by atoms with E-state index in [4.69, 9.17) is 10.5 Å². The van der Waals surface area contributed by atoms with Gasteiger partial charge in [0.2, 0.25) is 0 Å². The molecule has 0 aliphatic heterocycles. The predicted octanol–water partition coefficient (Wildman–Crippen LogP) is 3.69. The van der Waals surface area contributed by atoms with Gasteiger partial charge in [0.1, 0.15) is 5.60 Å². The Hall–Kier alpha value is -2.18. The Balaban J connectivity index is 0.000000532. The van der Waals surface area contributed by atoms with Gasteiger partial charge in [-0.1, -0.05) is 12.1 Å². The molecule has 0 spiro atoms. The Morgan fingerprint density at radius 2 is 1.54 bits per heavy atom. The van der Waals surface area contributed by atoms with Gasteiger partial charge in [-0.2, -0.15) is 0 Å². The van der Waals surface area contributed by atoms with Crippen LogP contribution in [0.25, 0.3) is 0 Å². The zero-order chi connectivity index (χ0) is 18.9. The number of aromatic nitrogens is 2. The quantitative estimate of drug-likeness (QED) is 0.847. The number of aryl methyl sites for hydroxylation is 2. The fraction of sp³-hybridized carbons (Fsp3) is 0.421. The first-order chi connectivity index (χ1) is 11.7. The van der Waals surface area contributed by atoms with Crippen molar-refractivity contribution in [2.75, 3.05) is 0 Å². The minimum Gasteiger partial charge on any atom is -0.444 e. The van der Waals surface area contributed by atoms with Gasteiger partial charge in [0, 0.05) is 18.9 Å². The number of alkyl carbamates (subject to hydrolysis) is 1. The second-order valence-electron chi connectivity index (χ2n) is 6.71. The van der Waals surface area contributed by atoms with E-state index < -0.39 is 11.7 Å². The number of rotatable bonds is 3. The molecule has 6 nitrogen and oxygen atoms in total. The smallest absolute Gasteiger partial charge is 0.407 e. The van der Waals surface area contributed by atoms with Crippen LogP contribution in [0.15, 0.2) is 36.7 Å². The standard InChI is InChI=1S/C12H18N2O2.C7H10N2.ClH/c1-9-5-6-10(13-7-9)8-14-11(15)16-12(2,3)4;1-6-2-3-7(4-8)9-5-6;/h5-7H,8H2,1-4H3,(H,14,15);2-3,5H,4,8H2,1H3;1H. The van der Waals surface area contributed by atoms with Crippen LogP contribution in [-0.4, -0.2) is 21.7 Å². The second kappa shape index (κ2) is 11.4. The van der Waals surface area contributed by atoms with E-state index in [0.29, 0.717) is 13.1 Å². The van der Waals surface area contributed by atoms with Crippen LogP contribution in [-0.2, 0) is 17.8 Å². The molecule has 0 aliphatic rings. The van der Waals surface area contributed by atoms with Crippen molar-refractivity contribution in [3.05, 3.63) is 59.2 Å². The maximum atomic E-state index is 11.3. The highest BCUT2D eigenvalue weighted by atomic mass is 35.5. The summed E-state index contributed by atoms with van der Waals surface area (Å²) in [5, 5.41) is 2.65. The first kappa shape index (κ1) is 23.8. The lowest BCUT2D eigenvalue weighted by Crippen LogP contribution is -2.32. The van der Waals surface area contributed by atoms with E-state index in [1.807, 2.05) is 65.1 Å². The lowest BCUT2D eigenvalue weighted by atomic mass is 10.2. The van der Waals surface area contributed by atoms with Gasteiger partial charge >= 0.3 is 6.09 Å². The Kier molecular flexibility index (Phi) is 10.5. The van der Waals surface area contributed by atoms with Gasteiger partial charge in [-0.25, -0.2) is 4.79 Å². The Morgan fingerprint density at radius 1 is 1.04 bits per heavy atom. The molecule has 0 unspecified atom stereocenters. The largest absolute Gasteiger partial charge is 0.444 e. The summed E-state index contributed by atoms with van der Waals surface area (Å²) in [5.41, 5.74) is 8.90. The van der Waals surface area contributed by atoms with Crippen LogP contribution in [0.4, 0.5) is 4.79 Å². The topological polar surface area (TPSA) is 90.1 Å². The van der Waals surface area contributed by atoms with E-state index in [0.717, 1.165) is 17.0 Å². The first-order valence-corrected chi connectivity index (χ1v) is 8.19. The Labute approximate surface area is 162 Å². The highest BCUT2D eigenvalue weighted by Gasteiger charge is 2.15. The molecule has 0 bridgehead atoms. The molecule has 0 saturated heterocycles. The average molecular weight is 381 g/mol. The third kappa shape index (κ3) is 10.6. The number of nitrogens with zero attached hydrogens (tertiary/aromatic N) is 2. The van der Waals surface area contributed by atoms with Gasteiger partial charge in [0.05, 0.1) is 17.9 Å². The normalized spacial score (nSPS) is 10.1. The predicted molar refractivity (Wildman–Crippen MR) is 106 cm³/mol. The van der Waals surface area contributed by atoms with Crippen LogP contribution in [0.2, 0.25) is 0 Å². The number of pyridine rings is 2. The van der Waals surface area contributed by atoms with E-state index in [1.165, 1.54) is 5.56 Å². The van der Waals surface area contributed by atoms with Crippen molar-refractivity contribution in [2.45, 2.75) is 53.3 Å². The lowest BCUT2D eigenvalue weighted by molar-refractivity contribution is 0.0523. The molecule has 2 heterocycles. The van der Waals surface area contributed by atoms with Crippen molar-refractivity contribution in [2.24, 2.45) is 5.73 Å². The van der Waals surface area contributed by atoms with E-state index in [-0.39, 0.29) is 12.4 Å². The third-order valence-electron chi connectivity index (χ3n) is 2.97.